The van der Waals surface area contributed by atoms with Gasteiger partial charge in [-0.25, -0.2) is 8.42 Å². The monoisotopic (exact) mass is 326 g/mol. The Balaban J connectivity index is 2.44. The fourth-order valence-electron chi connectivity index (χ4n) is 2.24. The second-order valence-electron chi connectivity index (χ2n) is 5.80. The number of rotatable bonds is 5. The highest BCUT2D eigenvalue weighted by Gasteiger charge is 2.41. The second-order valence-corrected chi connectivity index (χ2v) is 8.05. The number of hydrogen-bond acceptors (Lipinski definition) is 3. The van der Waals surface area contributed by atoms with Crippen LogP contribution in [0.2, 0.25) is 5.02 Å². The minimum atomic E-state index is -3.59. The summed E-state index contributed by atoms with van der Waals surface area (Å²) in [5.41, 5.74) is 0.283. The van der Waals surface area contributed by atoms with Crippen LogP contribution in [0.4, 0.5) is 0 Å². The fourth-order valence-corrected chi connectivity index (χ4v) is 4.56. The summed E-state index contributed by atoms with van der Waals surface area (Å²) in [4.78, 5) is 0.158. The van der Waals surface area contributed by atoms with Crippen molar-refractivity contribution in [2.75, 3.05) is 0 Å². The molecule has 4 nitrogen and oxygen atoms in total. The number of nitrogens with zero attached hydrogens (tertiary/aromatic N) is 2. The average molecular weight is 327 g/mol. The van der Waals surface area contributed by atoms with E-state index in [0.29, 0.717) is 0 Å². The molecule has 0 spiro atoms. The van der Waals surface area contributed by atoms with Gasteiger partial charge in [0.1, 0.15) is 6.07 Å². The molecule has 0 radical (unpaired) electrons. The first-order valence-electron chi connectivity index (χ1n) is 7.02. The molecule has 6 heteroatoms. The van der Waals surface area contributed by atoms with Gasteiger partial charge in [0.15, 0.2) is 0 Å². The summed E-state index contributed by atoms with van der Waals surface area (Å²) in [5.74, 6) is 0.231. The summed E-state index contributed by atoms with van der Waals surface area (Å²) < 4.78 is 27.4. The molecule has 0 saturated heterocycles. The molecule has 1 aromatic carbocycles. The summed E-state index contributed by atoms with van der Waals surface area (Å²) in [6, 6.07) is 6.24. The highest BCUT2D eigenvalue weighted by Crippen LogP contribution is 2.36. The molecule has 1 fully saturated rings. The highest BCUT2D eigenvalue weighted by molar-refractivity contribution is 7.89. The molecule has 114 valence electrons. The third kappa shape index (κ3) is 3.23. The van der Waals surface area contributed by atoms with Crippen LogP contribution in [0.25, 0.3) is 0 Å². The Bertz CT molecular complexity index is 675. The van der Waals surface area contributed by atoms with Crippen molar-refractivity contribution in [1.82, 2.24) is 4.31 Å². The van der Waals surface area contributed by atoms with Crippen molar-refractivity contribution < 1.29 is 8.42 Å². The van der Waals surface area contributed by atoms with Crippen LogP contribution in [-0.4, -0.2) is 24.8 Å². The maximum absolute atomic E-state index is 12.9. The van der Waals surface area contributed by atoms with E-state index in [4.69, 9.17) is 16.9 Å². The molecule has 21 heavy (non-hydrogen) atoms. The predicted molar refractivity (Wildman–Crippen MR) is 82.5 cm³/mol. The van der Waals surface area contributed by atoms with Crippen LogP contribution in [0.5, 0.6) is 0 Å². The van der Waals surface area contributed by atoms with E-state index in [-0.39, 0.29) is 33.5 Å². The van der Waals surface area contributed by atoms with Gasteiger partial charge in [0.2, 0.25) is 10.0 Å². The molecule has 1 atom stereocenters. The number of nitriles is 1. The molecule has 0 heterocycles. The van der Waals surface area contributed by atoms with Gasteiger partial charge in [-0.1, -0.05) is 25.4 Å². The van der Waals surface area contributed by atoms with Crippen LogP contribution in [0.3, 0.4) is 0 Å². The number of sulfonamides is 1. The second kappa shape index (κ2) is 5.96. The molecule has 0 aliphatic heterocycles. The lowest BCUT2D eigenvalue weighted by molar-refractivity contribution is 0.269. The molecule has 2 rings (SSSR count). The zero-order chi connectivity index (χ0) is 15.8. The van der Waals surface area contributed by atoms with E-state index in [0.717, 1.165) is 12.8 Å². The van der Waals surface area contributed by atoms with E-state index < -0.39 is 10.0 Å². The van der Waals surface area contributed by atoms with Crippen molar-refractivity contribution >= 4 is 21.6 Å². The van der Waals surface area contributed by atoms with Gasteiger partial charge in [0.25, 0.3) is 0 Å². The SMILES string of the molecule is CC(C)C(C)N(C1CC1)S(=O)(=O)c1ccc(C#N)c(Cl)c1. The summed E-state index contributed by atoms with van der Waals surface area (Å²) in [5, 5.41) is 9.06. The Hall–Kier alpha value is -1.09. The normalized spacial score (nSPS) is 17.0. The Kier molecular flexibility index (Phi) is 4.62. The molecular formula is C15H19ClN2O2S. The predicted octanol–water partition coefficient (Wildman–Crippen LogP) is 3.41. The quantitative estimate of drug-likeness (QED) is 0.833. The van der Waals surface area contributed by atoms with Crippen LogP contribution in [0.1, 0.15) is 39.2 Å². The van der Waals surface area contributed by atoms with Crippen molar-refractivity contribution in [3.05, 3.63) is 28.8 Å². The van der Waals surface area contributed by atoms with E-state index in [9.17, 15) is 8.42 Å². The largest absolute Gasteiger partial charge is 0.243 e. The number of hydrogen-bond donors (Lipinski definition) is 0. The first-order valence-corrected chi connectivity index (χ1v) is 8.84. The molecule has 1 saturated carbocycles. The van der Waals surface area contributed by atoms with E-state index in [1.807, 2.05) is 26.8 Å². The zero-order valence-corrected chi connectivity index (χ0v) is 13.9. The van der Waals surface area contributed by atoms with Gasteiger partial charge in [-0.15, -0.1) is 0 Å². The van der Waals surface area contributed by atoms with Crippen LogP contribution < -0.4 is 0 Å². The Morgan fingerprint density at radius 2 is 1.95 bits per heavy atom. The van der Waals surface area contributed by atoms with Gasteiger partial charge in [-0.05, 0) is 43.9 Å². The lowest BCUT2D eigenvalue weighted by atomic mass is 10.1. The van der Waals surface area contributed by atoms with E-state index in [1.54, 1.807) is 4.31 Å². The standard InChI is InChI=1S/C15H19ClN2O2S/c1-10(2)11(3)18(13-5-6-13)21(19,20)14-7-4-12(9-17)15(16)8-14/h4,7-8,10-11,13H,5-6H2,1-3H3. The molecule has 1 aromatic rings. The minimum absolute atomic E-state index is 0.0723. The van der Waals surface area contributed by atoms with Gasteiger partial charge >= 0.3 is 0 Å². The summed E-state index contributed by atoms with van der Waals surface area (Å²) >= 11 is 5.97. The van der Waals surface area contributed by atoms with Crippen LogP contribution in [0.15, 0.2) is 23.1 Å². The van der Waals surface area contributed by atoms with Gasteiger partial charge in [0, 0.05) is 12.1 Å². The van der Waals surface area contributed by atoms with E-state index >= 15 is 0 Å². The third-order valence-corrected chi connectivity index (χ3v) is 6.26. The van der Waals surface area contributed by atoms with Crippen LogP contribution in [-0.2, 0) is 10.0 Å². The van der Waals surface area contributed by atoms with Crippen molar-refractivity contribution in [2.24, 2.45) is 5.92 Å². The Morgan fingerprint density at radius 1 is 1.33 bits per heavy atom. The minimum Gasteiger partial charge on any atom is -0.207 e. The summed E-state index contributed by atoms with van der Waals surface area (Å²) in [6.07, 6.45) is 1.81. The van der Waals surface area contributed by atoms with Crippen LogP contribution >= 0.6 is 11.6 Å². The molecule has 1 aliphatic rings. The zero-order valence-electron chi connectivity index (χ0n) is 12.4. The molecule has 1 aliphatic carbocycles. The van der Waals surface area contributed by atoms with Crippen molar-refractivity contribution in [1.29, 1.82) is 5.26 Å². The lowest BCUT2D eigenvalue weighted by Gasteiger charge is -2.31. The molecule has 0 amide bonds. The first kappa shape index (κ1) is 16.3. The van der Waals surface area contributed by atoms with Gasteiger partial charge in [-0.3, -0.25) is 0 Å². The first-order chi connectivity index (χ1) is 9.78. The summed E-state index contributed by atoms with van der Waals surface area (Å²) in [6.45, 7) is 5.97. The highest BCUT2D eigenvalue weighted by atomic mass is 35.5. The lowest BCUT2D eigenvalue weighted by Crippen LogP contribution is -2.43. The maximum atomic E-state index is 12.9. The number of halogens is 1. The number of benzene rings is 1. The van der Waals surface area contributed by atoms with Gasteiger partial charge < -0.3 is 0 Å². The maximum Gasteiger partial charge on any atom is 0.243 e. The average Bonchev–Trinajstić information content (AvgIpc) is 3.22. The van der Waals surface area contributed by atoms with Gasteiger partial charge in [-0.2, -0.15) is 9.57 Å². The van der Waals surface area contributed by atoms with Gasteiger partial charge in [0.05, 0.1) is 15.5 Å². The molecule has 0 N–H and O–H groups in total. The molecular weight excluding hydrogens is 308 g/mol. The third-order valence-electron chi connectivity index (χ3n) is 3.91. The van der Waals surface area contributed by atoms with Crippen molar-refractivity contribution in [3.63, 3.8) is 0 Å². The fraction of sp³-hybridized carbons (Fsp3) is 0.533. The molecule has 1 unspecified atom stereocenters. The topological polar surface area (TPSA) is 61.2 Å². The summed E-state index contributed by atoms with van der Waals surface area (Å²) in [7, 11) is -3.59. The molecule has 0 bridgehead atoms. The van der Waals surface area contributed by atoms with Crippen molar-refractivity contribution in [3.8, 4) is 6.07 Å². The van der Waals surface area contributed by atoms with Crippen molar-refractivity contribution in [2.45, 2.75) is 50.6 Å². The Labute approximate surface area is 131 Å². The van der Waals surface area contributed by atoms with E-state index in [2.05, 4.69) is 0 Å². The van der Waals surface area contributed by atoms with Crippen LogP contribution in [0, 0.1) is 17.2 Å². The Morgan fingerprint density at radius 3 is 2.38 bits per heavy atom. The smallest absolute Gasteiger partial charge is 0.207 e. The molecule has 0 aromatic heterocycles. The van der Waals surface area contributed by atoms with E-state index in [1.165, 1.54) is 18.2 Å².